The van der Waals surface area contributed by atoms with Gasteiger partial charge in [0, 0.05) is 17.9 Å². The highest BCUT2D eigenvalue weighted by atomic mass is 16.6. The lowest BCUT2D eigenvalue weighted by Gasteiger charge is -2.26. The highest BCUT2D eigenvalue weighted by Crippen LogP contribution is 2.46. The molecule has 0 unspecified atom stereocenters. The van der Waals surface area contributed by atoms with Gasteiger partial charge in [0.2, 0.25) is 5.88 Å². The van der Waals surface area contributed by atoms with Gasteiger partial charge >= 0.3 is 5.97 Å². The molecular formula is C23H25N5O3. The highest BCUT2D eigenvalue weighted by Gasteiger charge is 2.41. The number of cyclic esters (lactones) is 1. The third-order valence-corrected chi connectivity index (χ3v) is 6.22. The maximum atomic E-state index is 12.0. The van der Waals surface area contributed by atoms with Crippen molar-refractivity contribution in [2.24, 2.45) is 11.7 Å². The van der Waals surface area contributed by atoms with Gasteiger partial charge < -0.3 is 20.5 Å². The summed E-state index contributed by atoms with van der Waals surface area (Å²) in [4.78, 5) is 25.6. The molecule has 1 fully saturated rings. The van der Waals surface area contributed by atoms with Crippen molar-refractivity contribution < 1.29 is 14.3 Å². The molecule has 0 saturated heterocycles. The molecule has 4 heterocycles. The van der Waals surface area contributed by atoms with Crippen molar-refractivity contribution in [2.75, 3.05) is 12.4 Å². The van der Waals surface area contributed by atoms with Crippen LogP contribution in [0.5, 0.6) is 5.88 Å². The van der Waals surface area contributed by atoms with Crippen LogP contribution in [0.3, 0.4) is 0 Å². The topological polar surface area (TPSA) is 112 Å². The first-order valence-electron chi connectivity index (χ1n) is 10.3. The summed E-state index contributed by atoms with van der Waals surface area (Å²) in [6.45, 7) is 5.71. The van der Waals surface area contributed by atoms with Gasteiger partial charge in [-0.2, -0.15) is 0 Å². The van der Waals surface area contributed by atoms with Crippen molar-refractivity contribution >= 4 is 28.4 Å². The largest absolute Gasteiger partial charge is 0.481 e. The third-order valence-electron chi connectivity index (χ3n) is 6.22. The number of ether oxygens (including phenoxy) is 2. The van der Waals surface area contributed by atoms with Gasteiger partial charge in [0.15, 0.2) is 0 Å². The molecular weight excluding hydrogens is 394 g/mol. The number of methoxy groups -OCH3 is 1. The fourth-order valence-corrected chi connectivity index (χ4v) is 4.29. The molecule has 8 nitrogen and oxygen atoms in total. The van der Waals surface area contributed by atoms with E-state index >= 15 is 0 Å². The zero-order valence-corrected chi connectivity index (χ0v) is 18.0. The number of carbonyl (C=O) groups is 1. The van der Waals surface area contributed by atoms with Crippen LogP contribution in [0.4, 0.5) is 11.6 Å². The van der Waals surface area contributed by atoms with Gasteiger partial charge in [0.1, 0.15) is 22.9 Å². The van der Waals surface area contributed by atoms with Crippen LogP contribution in [-0.2, 0) is 15.9 Å². The molecule has 0 bridgehead atoms. The molecule has 1 saturated carbocycles. The first-order valence-corrected chi connectivity index (χ1v) is 10.3. The summed E-state index contributed by atoms with van der Waals surface area (Å²) < 4.78 is 10.9. The van der Waals surface area contributed by atoms with Crippen molar-refractivity contribution in [1.29, 1.82) is 0 Å². The maximum Gasteiger partial charge on any atom is 0.341 e. The molecule has 0 amide bonds. The Labute approximate surface area is 180 Å². The van der Waals surface area contributed by atoms with Gasteiger partial charge in [-0.1, -0.05) is 0 Å². The monoisotopic (exact) mass is 419 g/mol. The number of aromatic nitrogens is 3. The second kappa shape index (κ2) is 6.62. The molecule has 0 aromatic carbocycles. The Morgan fingerprint density at radius 2 is 1.97 bits per heavy atom. The van der Waals surface area contributed by atoms with Gasteiger partial charge in [0.25, 0.3) is 0 Å². The summed E-state index contributed by atoms with van der Waals surface area (Å²) >= 11 is 0. The first kappa shape index (κ1) is 19.7. The first-order chi connectivity index (χ1) is 14.7. The molecule has 160 valence electrons. The number of hydrogen-bond donors (Lipinski definition) is 2. The highest BCUT2D eigenvalue weighted by molar-refractivity contribution is 5.94. The smallest absolute Gasteiger partial charge is 0.341 e. The average molecular weight is 419 g/mol. The van der Waals surface area contributed by atoms with E-state index in [0.29, 0.717) is 34.7 Å². The molecule has 3 aromatic heterocycles. The molecule has 5 rings (SSSR count). The van der Waals surface area contributed by atoms with Gasteiger partial charge in [-0.25, -0.2) is 19.7 Å². The van der Waals surface area contributed by atoms with Crippen LogP contribution in [0.1, 0.15) is 55.2 Å². The van der Waals surface area contributed by atoms with E-state index in [1.807, 2.05) is 26.1 Å². The average Bonchev–Trinajstić information content (AvgIpc) is 3.55. The second-order valence-corrected chi connectivity index (χ2v) is 8.97. The van der Waals surface area contributed by atoms with Crippen molar-refractivity contribution in [3.05, 3.63) is 47.4 Å². The lowest BCUT2D eigenvalue weighted by Crippen LogP contribution is -2.35. The predicted molar refractivity (Wildman–Crippen MR) is 116 cm³/mol. The SMILES string of the molecule is COc1ncc([C@@](C)(N)C2CC2)c2cc(Nc3ccc4c(n3)C(C)(C)OC4=O)ncc12. The van der Waals surface area contributed by atoms with E-state index in [1.54, 1.807) is 25.4 Å². The Morgan fingerprint density at radius 3 is 2.68 bits per heavy atom. The Balaban J connectivity index is 1.57. The summed E-state index contributed by atoms with van der Waals surface area (Å²) in [5.41, 5.74) is 7.55. The van der Waals surface area contributed by atoms with Crippen molar-refractivity contribution in [3.63, 3.8) is 0 Å². The van der Waals surface area contributed by atoms with E-state index in [9.17, 15) is 4.79 Å². The number of nitrogens with two attached hydrogens (primary N) is 1. The van der Waals surface area contributed by atoms with Crippen molar-refractivity contribution in [2.45, 2.75) is 44.8 Å². The maximum absolute atomic E-state index is 12.0. The van der Waals surface area contributed by atoms with E-state index < -0.39 is 11.1 Å². The Hall–Kier alpha value is -3.26. The van der Waals surface area contributed by atoms with E-state index in [-0.39, 0.29) is 5.97 Å². The number of pyridine rings is 3. The molecule has 0 spiro atoms. The number of anilines is 2. The van der Waals surface area contributed by atoms with Crippen LogP contribution in [-0.4, -0.2) is 28.0 Å². The Bertz CT molecular complexity index is 1220. The lowest BCUT2D eigenvalue weighted by atomic mass is 9.86. The number of carbonyl (C=O) groups excluding carboxylic acids is 1. The molecule has 0 radical (unpaired) electrons. The zero-order valence-electron chi connectivity index (χ0n) is 18.0. The number of rotatable bonds is 5. The zero-order chi connectivity index (χ0) is 22.0. The summed E-state index contributed by atoms with van der Waals surface area (Å²) in [6, 6.07) is 5.42. The molecule has 31 heavy (non-hydrogen) atoms. The summed E-state index contributed by atoms with van der Waals surface area (Å²) in [7, 11) is 1.59. The Kier molecular flexibility index (Phi) is 4.20. The van der Waals surface area contributed by atoms with Crippen molar-refractivity contribution in [1.82, 2.24) is 15.0 Å². The molecule has 1 aliphatic carbocycles. The summed E-state index contributed by atoms with van der Waals surface area (Å²) in [5, 5.41) is 5.00. The minimum absolute atomic E-state index is 0.352. The second-order valence-electron chi connectivity index (χ2n) is 8.97. The predicted octanol–water partition coefficient (Wildman–Crippen LogP) is 3.77. The van der Waals surface area contributed by atoms with E-state index in [4.69, 9.17) is 15.2 Å². The number of hydrogen-bond acceptors (Lipinski definition) is 8. The van der Waals surface area contributed by atoms with Crippen LogP contribution in [0.2, 0.25) is 0 Å². The summed E-state index contributed by atoms with van der Waals surface area (Å²) in [5.74, 6) is 1.79. The fraction of sp³-hybridized carbons (Fsp3) is 0.391. The summed E-state index contributed by atoms with van der Waals surface area (Å²) in [6.07, 6.45) is 5.78. The number of esters is 1. The van der Waals surface area contributed by atoms with Crippen LogP contribution in [0.25, 0.3) is 10.8 Å². The molecule has 1 atom stereocenters. The minimum atomic E-state index is -0.765. The fourth-order valence-electron chi connectivity index (χ4n) is 4.29. The number of nitrogens with one attached hydrogen (secondary N) is 1. The van der Waals surface area contributed by atoms with Gasteiger partial charge in [-0.05, 0) is 68.7 Å². The number of fused-ring (bicyclic) bond motifs is 2. The standard InChI is InChI=1S/C23H25N5O3/c1-22(2)19-13(21(29)31-22)7-8-17(28-19)27-18-9-14-15(10-25-18)20(30-4)26-11-16(14)23(3,24)12-5-6-12/h7-12H,5-6,24H2,1-4H3,(H,25,27,28)/t23-/m0/s1. The van der Waals surface area contributed by atoms with Gasteiger partial charge in [-0.15, -0.1) is 0 Å². The van der Waals surface area contributed by atoms with E-state index in [0.717, 1.165) is 29.2 Å². The molecule has 1 aliphatic heterocycles. The molecule has 2 aliphatic rings. The van der Waals surface area contributed by atoms with E-state index in [2.05, 4.69) is 27.2 Å². The van der Waals surface area contributed by atoms with Crippen LogP contribution >= 0.6 is 0 Å². The van der Waals surface area contributed by atoms with Crippen molar-refractivity contribution in [3.8, 4) is 5.88 Å². The Morgan fingerprint density at radius 1 is 1.19 bits per heavy atom. The van der Waals surface area contributed by atoms with E-state index in [1.165, 1.54) is 0 Å². The van der Waals surface area contributed by atoms with Gasteiger partial charge in [-0.3, -0.25) is 0 Å². The normalized spacial score (nSPS) is 18.9. The van der Waals surface area contributed by atoms with Crippen LogP contribution < -0.4 is 15.8 Å². The number of nitrogens with zero attached hydrogens (tertiary/aromatic N) is 3. The van der Waals surface area contributed by atoms with Gasteiger partial charge in [0.05, 0.1) is 18.1 Å². The van der Waals surface area contributed by atoms with Crippen LogP contribution in [0.15, 0.2) is 30.6 Å². The van der Waals surface area contributed by atoms with Crippen LogP contribution in [0, 0.1) is 5.92 Å². The third kappa shape index (κ3) is 3.18. The minimum Gasteiger partial charge on any atom is -0.481 e. The molecule has 3 aromatic rings. The molecule has 3 N–H and O–H groups in total. The molecule has 8 heteroatoms. The lowest BCUT2D eigenvalue weighted by molar-refractivity contribution is 0.00834. The quantitative estimate of drug-likeness (QED) is 0.601.